The third kappa shape index (κ3) is 9.88. The predicted octanol–water partition coefficient (Wildman–Crippen LogP) is -2.62. The number of benzene rings is 1. The maximum atomic E-state index is 13.1. The van der Waals surface area contributed by atoms with Crippen LogP contribution in [0.5, 0.6) is 5.75 Å². The minimum absolute atomic E-state index is 0.00237. The second kappa shape index (κ2) is 14.2. The van der Waals surface area contributed by atoms with Gasteiger partial charge < -0.3 is 46.6 Å². The molecule has 0 spiro atoms. The van der Waals surface area contributed by atoms with Gasteiger partial charge in [-0.2, -0.15) is 0 Å². The van der Waals surface area contributed by atoms with Crippen molar-refractivity contribution in [1.82, 2.24) is 20.9 Å². The monoisotopic (exact) mass is 587 g/mol. The van der Waals surface area contributed by atoms with Crippen LogP contribution in [0.25, 0.3) is 0 Å². The normalized spacial score (nSPS) is 18.2. The Balaban J connectivity index is 2.14. The summed E-state index contributed by atoms with van der Waals surface area (Å²) in [6.45, 7) is 1.51. The molecular formula is C23H34N5O11P. The molecule has 0 aliphatic carbocycles. The highest BCUT2D eigenvalue weighted by atomic mass is 31.2. The molecule has 0 bridgehead atoms. The number of carbonyl (C=O) groups is 5. The highest BCUT2D eigenvalue weighted by Gasteiger charge is 2.40. The van der Waals surface area contributed by atoms with Gasteiger partial charge in [0.05, 0.1) is 12.7 Å². The number of hydrogen-bond donors (Lipinski definition) is 8. The number of carbonyl (C=O) groups excluding carboxylic acids is 5. The van der Waals surface area contributed by atoms with Crippen molar-refractivity contribution in [2.45, 2.75) is 63.4 Å². The molecule has 1 saturated heterocycles. The molecule has 1 aromatic carbocycles. The maximum Gasteiger partial charge on any atom is 0.469 e. The maximum absolute atomic E-state index is 13.1. The van der Waals surface area contributed by atoms with E-state index in [-0.39, 0.29) is 25.1 Å². The molecule has 16 nitrogen and oxygen atoms in total. The number of nitrogens with one attached hydrogen (secondary N) is 3. The van der Waals surface area contributed by atoms with E-state index in [0.717, 1.165) is 11.8 Å². The number of aromatic hydroxyl groups is 1. The lowest BCUT2D eigenvalue weighted by atomic mass is 10.0. The Morgan fingerprint density at radius 2 is 1.73 bits per heavy atom. The van der Waals surface area contributed by atoms with Gasteiger partial charge >= 0.3 is 7.82 Å². The van der Waals surface area contributed by atoms with Crippen LogP contribution in [-0.4, -0.2) is 97.9 Å². The molecule has 2 rings (SSSR count). The summed E-state index contributed by atoms with van der Waals surface area (Å²) in [5.74, 6) is -4.16. The van der Waals surface area contributed by atoms with E-state index in [1.807, 2.05) is 0 Å². The van der Waals surface area contributed by atoms with Crippen molar-refractivity contribution in [1.29, 1.82) is 0 Å². The van der Waals surface area contributed by atoms with Crippen LogP contribution in [0, 0.1) is 0 Å². The summed E-state index contributed by atoms with van der Waals surface area (Å²) < 4.78 is 15.5. The summed E-state index contributed by atoms with van der Waals surface area (Å²) in [6.07, 6.45) is -0.949. The van der Waals surface area contributed by atoms with Gasteiger partial charge in [-0.1, -0.05) is 12.1 Å². The Hall–Kier alpha value is -3.56. The molecule has 0 unspecified atom stereocenters. The predicted molar refractivity (Wildman–Crippen MR) is 137 cm³/mol. The van der Waals surface area contributed by atoms with E-state index in [9.17, 15) is 38.8 Å². The summed E-state index contributed by atoms with van der Waals surface area (Å²) in [6, 6.07) is 0.409. The van der Waals surface area contributed by atoms with Crippen LogP contribution in [0.1, 0.15) is 32.3 Å². The number of phosphoric acid groups is 1. The van der Waals surface area contributed by atoms with Gasteiger partial charge in [-0.15, -0.1) is 0 Å². The molecular weight excluding hydrogens is 553 g/mol. The molecule has 1 aliphatic rings. The highest BCUT2D eigenvalue weighted by molar-refractivity contribution is 7.46. The summed E-state index contributed by atoms with van der Waals surface area (Å²) in [4.78, 5) is 81.7. The van der Waals surface area contributed by atoms with Crippen LogP contribution in [0.15, 0.2) is 24.3 Å². The third-order valence-corrected chi connectivity index (χ3v) is 6.51. The number of amides is 5. The summed E-state index contributed by atoms with van der Waals surface area (Å²) in [5.41, 5.74) is 5.99. The number of hydrogen-bond acceptors (Lipinski definition) is 9. The largest absolute Gasteiger partial charge is 0.508 e. The number of nitrogens with two attached hydrogens (primary N) is 1. The molecule has 9 N–H and O–H groups in total. The van der Waals surface area contributed by atoms with E-state index in [0.29, 0.717) is 12.0 Å². The Bertz CT molecular complexity index is 1140. The Morgan fingerprint density at radius 3 is 2.25 bits per heavy atom. The van der Waals surface area contributed by atoms with Crippen LogP contribution in [0.3, 0.4) is 0 Å². The first kappa shape index (κ1) is 32.7. The van der Waals surface area contributed by atoms with Gasteiger partial charge in [-0.25, -0.2) is 4.57 Å². The molecule has 0 saturated carbocycles. The topological polar surface area (TPSA) is 258 Å². The molecule has 222 valence electrons. The molecule has 1 aromatic rings. The lowest BCUT2D eigenvalue weighted by Crippen LogP contribution is -2.60. The van der Waals surface area contributed by atoms with Crippen molar-refractivity contribution in [3.63, 3.8) is 0 Å². The van der Waals surface area contributed by atoms with E-state index in [1.165, 1.54) is 31.2 Å². The number of phenols is 1. The quantitative estimate of drug-likeness (QED) is 0.111. The molecule has 5 amide bonds. The third-order valence-electron chi connectivity index (χ3n) is 6.02. The fourth-order valence-corrected chi connectivity index (χ4v) is 4.44. The number of rotatable bonds is 13. The van der Waals surface area contributed by atoms with Gasteiger partial charge in [0.15, 0.2) is 0 Å². The van der Waals surface area contributed by atoms with E-state index >= 15 is 0 Å². The smallest absolute Gasteiger partial charge is 0.469 e. The number of phosphoric ester groups is 1. The number of nitrogens with zero attached hydrogens (tertiary/aromatic N) is 1. The minimum atomic E-state index is -4.97. The first-order valence-corrected chi connectivity index (χ1v) is 13.8. The van der Waals surface area contributed by atoms with E-state index in [2.05, 4.69) is 20.5 Å². The van der Waals surface area contributed by atoms with Crippen LogP contribution < -0.4 is 21.7 Å². The van der Waals surface area contributed by atoms with E-state index < -0.39 is 74.2 Å². The first-order valence-electron chi connectivity index (χ1n) is 12.2. The van der Waals surface area contributed by atoms with E-state index in [4.69, 9.17) is 15.5 Å². The lowest BCUT2D eigenvalue weighted by Gasteiger charge is -2.30. The van der Waals surface area contributed by atoms with Crippen molar-refractivity contribution in [2.75, 3.05) is 13.2 Å². The average Bonchev–Trinajstić information content (AvgIpc) is 3.34. The zero-order valence-electron chi connectivity index (χ0n) is 21.9. The SMILES string of the molecule is CC(=O)N[C@@H](COP(=O)(O)O)C(=O)N1CCC[C@H]1C(=O)N[C@H](C(=O)N[C@@H](Cc1ccc(O)cc1)C(N)=O)[C@@H](C)O. The van der Waals surface area contributed by atoms with Crippen LogP contribution in [0.4, 0.5) is 0 Å². The molecule has 5 atom stereocenters. The standard InChI is InChI=1S/C23H34N5O11P/c1-12(29)19(22(34)26-16(20(24)32)10-14-5-7-15(31)8-6-14)27-21(33)18-4-3-9-28(18)23(35)17(25-13(2)30)11-39-40(36,37)38/h5-8,12,16-19,29,31H,3-4,9-11H2,1-2H3,(H2,24,32)(H,25,30)(H,26,34)(H,27,33)(H2,36,37,38)/t12-,16+,17+,18+,19+/m1/s1. The van der Waals surface area contributed by atoms with Crippen molar-refractivity contribution in [3.8, 4) is 5.75 Å². The fourth-order valence-electron chi connectivity index (χ4n) is 4.10. The zero-order valence-corrected chi connectivity index (χ0v) is 22.7. The van der Waals surface area contributed by atoms with Crippen LogP contribution >= 0.6 is 7.82 Å². The van der Waals surface area contributed by atoms with Gasteiger partial charge in [-0.3, -0.25) is 28.5 Å². The highest BCUT2D eigenvalue weighted by Crippen LogP contribution is 2.35. The fraction of sp³-hybridized carbons (Fsp3) is 0.522. The molecule has 0 aromatic heterocycles. The van der Waals surface area contributed by atoms with E-state index in [1.54, 1.807) is 0 Å². The molecule has 1 heterocycles. The first-order chi connectivity index (χ1) is 18.6. The zero-order chi connectivity index (χ0) is 30.2. The second-order valence-corrected chi connectivity index (χ2v) is 10.5. The van der Waals surface area contributed by atoms with Gasteiger partial charge in [0.25, 0.3) is 0 Å². The van der Waals surface area contributed by atoms with Crippen LogP contribution in [0.2, 0.25) is 0 Å². The van der Waals surface area contributed by atoms with Crippen molar-refractivity contribution in [3.05, 3.63) is 29.8 Å². The molecule has 1 fully saturated rings. The molecule has 40 heavy (non-hydrogen) atoms. The van der Waals surface area contributed by atoms with Crippen LogP contribution in [-0.2, 0) is 39.5 Å². The second-order valence-electron chi connectivity index (χ2n) is 9.29. The van der Waals surface area contributed by atoms with Gasteiger partial charge in [0.1, 0.15) is 29.9 Å². The number of primary amides is 1. The van der Waals surface area contributed by atoms with Crippen molar-refractivity contribution < 1.29 is 53.1 Å². The number of aliphatic hydroxyl groups is 1. The number of phenolic OH excluding ortho intramolecular Hbond substituents is 1. The number of aliphatic hydroxyl groups excluding tert-OH is 1. The summed E-state index contributed by atoms with van der Waals surface area (Å²) in [5, 5.41) is 26.6. The molecule has 0 radical (unpaired) electrons. The number of likely N-dealkylation sites (tertiary alicyclic amines) is 1. The molecule has 1 aliphatic heterocycles. The Labute approximate surface area is 229 Å². The van der Waals surface area contributed by atoms with Gasteiger partial charge in [0, 0.05) is 19.9 Å². The molecule has 17 heteroatoms. The van der Waals surface area contributed by atoms with Crippen molar-refractivity contribution in [2.24, 2.45) is 5.73 Å². The summed E-state index contributed by atoms with van der Waals surface area (Å²) >= 11 is 0. The van der Waals surface area contributed by atoms with Gasteiger partial charge in [0.2, 0.25) is 29.5 Å². The average molecular weight is 588 g/mol. The summed E-state index contributed by atoms with van der Waals surface area (Å²) in [7, 11) is -4.97. The minimum Gasteiger partial charge on any atom is -0.508 e. The lowest BCUT2D eigenvalue weighted by molar-refractivity contribution is -0.143. The Kier molecular flexibility index (Phi) is 11.6. The van der Waals surface area contributed by atoms with Crippen molar-refractivity contribution >= 4 is 37.4 Å². The Morgan fingerprint density at radius 1 is 1.10 bits per heavy atom. The van der Waals surface area contributed by atoms with Gasteiger partial charge in [-0.05, 0) is 37.5 Å².